The van der Waals surface area contributed by atoms with Crippen molar-refractivity contribution in [1.29, 1.82) is 0 Å². The molecule has 0 aromatic heterocycles. The summed E-state index contributed by atoms with van der Waals surface area (Å²) in [6, 6.07) is 4.74. The maximum Gasteiger partial charge on any atom is 0.332 e. The van der Waals surface area contributed by atoms with Crippen LogP contribution in [-0.2, 0) is 4.79 Å². The SMILES string of the molecule is CCOc1cc(C(=O)NCCC(O)C(=O)O)ccc1OC. The third-order valence-electron chi connectivity index (χ3n) is 2.71. The number of carboxylic acid groups (broad SMARTS) is 1. The molecule has 1 atom stereocenters. The molecule has 0 spiro atoms. The van der Waals surface area contributed by atoms with E-state index in [2.05, 4.69) is 5.32 Å². The lowest BCUT2D eigenvalue weighted by Gasteiger charge is -2.11. The molecule has 0 aliphatic rings. The normalized spacial score (nSPS) is 11.6. The molecule has 0 saturated heterocycles. The number of ether oxygens (including phenoxy) is 2. The highest BCUT2D eigenvalue weighted by atomic mass is 16.5. The van der Waals surface area contributed by atoms with Gasteiger partial charge in [-0.05, 0) is 25.1 Å². The Kier molecular flexibility index (Phi) is 6.48. The van der Waals surface area contributed by atoms with Crippen LogP contribution in [0.5, 0.6) is 11.5 Å². The van der Waals surface area contributed by atoms with E-state index in [0.29, 0.717) is 23.7 Å². The van der Waals surface area contributed by atoms with E-state index in [0.717, 1.165) is 0 Å². The zero-order chi connectivity index (χ0) is 15.8. The van der Waals surface area contributed by atoms with Crippen LogP contribution in [0, 0.1) is 0 Å². The van der Waals surface area contributed by atoms with E-state index in [9.17, 15) is 9.59 Å². The molecule has 0 aliphatic heterocycles. The van der Waals surface area contributed by atoms with Crippen molar-refractivity contribution in [3.8, 4) is 11.5 Å². The number of methoxy groups -OCH3 is 1. The summed E-state index contributed by atoms with van der Waals surface area (Å²) >= 11 is 0. The summed E-state index contributed by atoms with van der Waals surface area (Å²) in [6.45, 7) is 2.31. The quantitative estimate of drug-likeness (QED) is 0.651. The lowest BCUT2D eigenvalue weighted by Crippen LogP contribution is -2.30. The lowest BCUT2D eigenvalue weighted by molar-refractivity contribution is -0.146. The van der Waals surface area contributed by atoms with Gasteiger partial charge in [0.1, 0.15) is 0 Å². The molecule has 21 heavy (non-hydrogen) atoms. The van der Waals surface area contributed by atoms with Gasteiger partial charge in [0.15, 0.2) is 17.6 Å². The second-order valence-corrected chi connectivity index (χ2v) is 4.20. The Hall–Kier alpha value is -2.28. The number of carbonyl (C=O) groups excluding carboxylic acids is 1. The number of amides is 1. The van der Waals surface area contributed by atoms with Gasteiger partial charge in [-0.15, -0.1) is 0 Å². The van der Waals surface area contributed by atoms with Crippen LogP contribution in [0.25, 0.3) is 0 Å². The fourth-order valence-electron chi connectivity index (χ4n) is 1.63. The van der Waals surface area contributed by atoms with Crippen LogP contribution in [0.3, 0.4) is 0 Å². The minimum absolute atomic E-state index is 0.0578. The highest BCUT2D eigenvalue weighted by Crippen LogP contribution is 2.27. The van der Waals surface area contributed by atoms with E-state index in [1.54, 1.807) is 18.2 Å². The monoisotopic (exact) mass is 297 g/mol. The number of aliphatic hydroxyl groups is 1. The van der Waals surface area contributed by atoms with Crippen molar-refractivity contribution in [3.05, 3.63) is 23.8 Å². The molecule has 1 unspecified atom stereocenters. The average Bonchev–Trinajstić information content (AvgIpc) is 2.47. The summed E-state index contributed by atoms with van der Waals surface area (Å²) in [4.78, 5) is 22.4. The van der Waals surface area contributed by atoms with E-state index >= 15 is 0 Å². The molecule has 1 rings (SSSR count). The number of rotatable bonds is 8. The van der Waals surface area contributed by atoms with E-state index in [1.807, 2.05) is 6.92 Å². The van der Waals surface area contributed by atoms with Crippen molar-refractivity contribution in [2.24, 2.45) is 0 Å². The van der Waals surface area contributed by atoms with Gasteiger partial charge in [-0.1, -0.05) is 0 Å². The summed E-state index contributed by atoms with van der Waals surface area (Å²) in [5, 5.41) is 20.2. The van der Waals surface area contributed by atoms with Crippen molar-refractivity contribution < 1.29 is 29.3 Å². The average molecular weight is 297 g/mol. The molecule has 0 fully saturated rings. The first-order valence-electron chi connectivity index (χ1n) is 6.49. The summed E-state index contributed by atoms with van der Waals surface area (Å²) in [5.41, 5.74) is 0.365. The Morgan fingerprint density at radius 2 is 2.05 bits per heavy atom. The van der Waals surface area contributed by atoms with Crippen molar-refractivity contribution >= 4 is 11.9 Å². The first-order valence-corrected chi connectivity index (χ1v) is 6.49. The van der Waals surface area contributed by atoms with E-state index < -0.39 is 12.1 Å². The third-order valence-corrected chi connectivity index (χ3v) is 2.71. The Bertz CT molecular complexity index is 502. The van der Waals surface area contributed by atoms with Crippen LogP contribution in [0.2, 0.25) is 0 Å². The summed E-state index contributed by atoms with van der Waals surface area (Å²) < 4.78 is 10.5. The molecule has 1 amide bonds. The molecule has 7 heteroatoms. The predicted molar refractivity (Wildman–Crippen MR) is 74.8 cm³/mol. The van der Waals surface area contributed by atoms with E-state index in [4.69, 9.17) is 19.7 Å². The number of aliphatic hydroxyl groups excluding tert-OH is 1. The van der Waals surface area contributed by atoms with Crippen molar-refractivity contribution in [2.75, 3.05) is 20.3 Å². The number of carboxylic acids is 1. The second-order valence-electron chi connectivity index (χ2n) is 4.20. The number of nitrogens with one attached hydrogen (secondary N) is 1. The third kappa shape index (κ3) is 4.96. The minimum Gasteiger partial charge on any atom is -0.493 e. The largest absolute Gasteiger partial charge is 0.493 e. The fraction of sp³-hybridized carbons (Fsp3) is 0.429. The number of carbonyl (C=O) groups is 2. The molecular formula is C14H19NO6. The van der Waals surface area contributed by atoms with Crippen LogP contribution in [-0.4, -0.2) is 48.5 Å². The first kappa shape index (κ1) is 16.8. The highest BCUT2D eigenvalue weighted by molar-refractivity contribution is 5.94. The summed E-state index contributed by atoms with van der Waals surface area (Å²) in [5.74, 6) is -0.712. The van der Waals surface area contributed by atoms with Gasteiger partial charge in [0, 0.05) is 18.5 Å². The summed E-state index contributed by atoms with van der Waals surface area (Å²) in [7, 11) is 1.50. The Morgan fingerprint density at radius 3 is 2.62 bits per heavy atom. The molecular weight excluding hydrogens is 278 g/mol. The number of hydrogen-bond donors (Lipinski definition) is 3. The van der Waals surface area contributed by atoms with Gasteiger partial charge in [-0.25, -0.2) is 4.79 Å². The first-order chi connectivity index (χ1) is 9.99. The maximum absolute atomic E-state index is 11.9. The Morgan fingerprint density at radius 1 is 1.33 bits per heavy atom. The molecule has 3 N–H and O–H groups in total. The highest BCUT2D eigenvalue weighted by Gasteiger charge is 2.14. The molecule has 0 aliphatic carbocycles. The predicted octanol–water partition coefficient (Wildman–Crippen LogP) is 0.659. The molecule has 1 aromatic carbocycles. The second kappa shape index (κ2) is 8.11. The fourth-order valence-corrected chi connectivity index (χ4v) is 1.63. The van der Waals surface area contributed by atoms with E-state index in [1.165, 1.54) is 7.11 Å². The Balaban J connectivity index is 2.65. The standard InChI is InChI=1S/C14H19NO6/c1-3-21-12-8-9(4-5-11(12)20-2)13(17)15-7-6-10(16)14(18)19/h4-5,8,10,16H,3,6-7H2,1-2H3,(H,15,17)(H,18,19). The van der Waals surface area contributed by atoms with Crippen molar-refractivity contribution in [2.45, 2.75) is 19.4 Å². The zero-order valence-electron chi connectivity index (χ0n) is 12.0. The van der Waals surface area contributed by atoms with Crippen molar-refractivity contribution in [1.82, 2.24) is 5.32 Å². The molecule has 0 radical (unpaired) electrons. The molecule has 116 valence electrons. The number of hydrogen-bond acceptors (Lipinski definition) is 5. The van der Waals surface area contributed by atoms with Crippen LogP contribution in [0.15, 0.2) is 18.2 Å². The van der Waals surface area contributed by atoms with Crippen LogP contribution in [0.4, 0.5) is 0 Å². The molecule has 0 bridgehead atoms. The Labute approximate surface area is 122 Å². The van der Waals surface area contributed by atoms with Gasteiger partial charge < -0.3 is 25.0 Å². The molecule has 0 heterocycles. The van der Waals surface area contributed by atoms with Crippen molar-refractivity contribution in [3.63, 3.8) is 0 Å². The number of benzene rings is 1. The maximum atomic E-state index is 11.9. The van der Waals surface area contributed by atoms with Crippen LogP contribution >= 0.6 is 0 Å². The van der Waals surface area contributed by atoms with E-state index in [-0.39, 0.29) is 18.9 Å². The van der Waals surface area contributed by atoms with Crippen LogP contribution in [0.1, 0.15) is 23.7 Å². The lowest BCUT2D eigenvalue weighted by atomic mass is 10.2. The van der Waals surface area contributed by atoms with Gasteiger partial charge in [0.25, 0.3) is 5.91 Å². The van der Waals surface area contributed by atoms with Gasteiger partial charge >= 0.3 is 5.97 Å². The molecule has 1 aromatic rings. The zero-order valence-corrected chi connectivity index (χ0v) is 12.0. The summed E-state index contributed by atoms with van der Waals surface area (Å²) in [6.07, 6.45) is -1.55. The van der Waals surface area contributed by atoms with Gasteiger partial charge in [0.2, 0.25) is 0 Å². The molecule has 0 saturated carbocycles. The topological polar surface area (TPSA) is 105 Å². The van der Waals surface area contributed by atoms with Gasteiger partial charge in [0.05, 0.1) is 13.7 Å². The van der Waals surface area contributed by atoms with Gasteiger partial charge in [-0.3, -0.25) is 4.79 Å². The smallest absolute Gasteiger partial charge is 0.332 e. The number of aliphatic carboxylic acids is 1. The molecule has 7 nitrogen and oxygen atoms in total. The van der Waals surface area contributed by atoms with Gasteiger partial charge in [-0.2, -0.15) is 0 Å². The minimum atomic E-state index is -1.49. The van der Waals surface area contributed by atoms with Crippen LogP contribution < -0.4 is 14.8 Å².